The van der Waals surface area contributed by atoms with Gasteiger partial charge in [-0.25, -0.2) is 4.79 Å². The lowest BCUT2D eigenvalue weighted by Gasteiger charge is -2.30. The molecule has 2 aromatic carbocycles. The van der Waals surface area contributed by atoms with Gasteiger partial charge in [0.1, 0.15) is 30.8 Å². The quantitative estimate of drug-likeness (QED) is 0.153. The van der Waals surface area contributed by atoms with E-state index < -0.39 is 71.1 Å². The van der Waals surface area contributed by atoms with Crippen LogP contribution in [0.5, 0.6) is 0 Å². The molecule has 1 aliphatic heterocycles. The van der Waals surface area contributed by atoms with Crippen molar-refractivity contribution < 1.29 is 38.3 Å². The number of nitrogens with one attached hydrogen (secondary N) is 4. The number of nitrogens with two attached hydrogens (primary N) is 1. The molecule has 14 nitrogen and oxygen atoms in total. The van der Waals surface area contributed by atoms with Gasteiger partial charge >= 0.3 is 6.09 Å². The second kappa shape index (κ2) is 19.4. The van der Waals surface area contributed by atoms with E-state index in [-0.39, 0.29) is 44.8 Å². The Hall–Kier alpha value is -5.27. The minimum absolute atomic E-state index is 0.00647. The van der Waals surface area contributed by atoms with E-state index in [1.165, 1.54) is 4.90 Å². The number of carbonyl (C=O) groups excluding carboxylic acids is 7. The fourth-order valence-electron chi connectivity index (χ4n) is 5.76. The normalized spacial score (nSPS) is 16.4. The summed E-state index contributed by atoms with van der Waals surface area (Å²) in [6.45, 7) is 8.99. The van der Waals surface area contributed by atoms with Crippen LogP contribution in [-0.2, 0) is 46.5 Å². The second-order valence-electron chi connectivity index (χ2n) is 14.1. The van der Waals surface area contributed by atoms with Crippen molar-refractivity contribution in [3.8, 4) is 0 Å². The number of ether oxygens (including phenoxy) is 1. The number of benzene rings is 2. The first-order valence-corrected chi connectivity index (χ1v) is 17.7. The molecule has 0 aromatic heterocycles. The van der Waals surface area contributed by atoms with Gasteiger partial charge in [-0.15, -0.1) is 0 Å². The fraction of sp³-hybridized carbons (Fsp3) is 0.500. The Morgan fingerprint density at radius 1 is 0.865 bits per heavy atom. The maximum Gasteiger partial charge on any atom is 0.408 e. The highest BCUT2D eigenvalue weighted by Crippen LogP contribution is 2.20. The van der Waals surface area contributed by atoms with E-state index in [0.717, 1.165) is 5.56 Å². The average molecular weight is 721 g/mol. The molecule has 0 radical (unpaired) electrons. The zero-order valence-corrected chi connectivity index (χ0v) is 30.6. The predicted molar refractivity (Wildman–Crippen MR) is 193 cm³/mol. The molecule has 1 heterocycles. The first-order chi connectivity index (χ1) is 24.6. The summed E-state index contributed by atoms with van der Waals surface area (Å²) >= 11 is 0. The molecule has 1 fully saturated rings. The molecule has 282 valence electrons. The highest BCUT2D eigenvalue weighted by atomic mass is 16.5. The van der Waals surface area contributed by atoms with Gasteiger partial charge in [-0.2, -0.15) is 0 Å². The van der Waals surface area contributed by atoms with E-state index in [4.69, 9.17) is 10.5 Å². The van der Waals surface area contributed by atoms with Gasteiger partial charge in [0.05, 0.1) is 0 Å². The van der Waals surface area contributed by atoms with Crippen molar-refractivity contribution in [2.75, 3.05) is 6.54 Å². The number of hydrogen-bond donors (Lipinski definition) is 5. The van der Waals surface area contributed by atoms with Crippen LogP contribution >= 0.6 is 0 Å². The Labute approximate surface area is 305 Å². The maximum absolute atomic E-state index is 13.8. The Bertz CT molecular complexity index is 1560. The van der Waals surface area contributed by atoms with Crippen LogP contribution in [0.2, 0.25) is 0 Å². The second-order valence-corrected chi connectivity index (χ2v) is 14.1. The smallest absolute Gasteiger partial charge is 0.408 e. The molecule has 52 heavy (non-hydrogen) atoms. The number of primary amides is 1. The number of alkyl carbamates (subject to hydrolysis) is 1. The lowest BCUT2D eigenvalue weighted by molar-refractivity contribution is -0.148. The first kappa shape index (κ1) is 41.2. The molecule has 14 heteroatoms. The zero-order valence-electron chi connectivity index (χ0n) is 30.6. The third-order valence-corrected chi connectivity index (χ3v) is 8.73. The summed E-state index contributed by atoms with van der Waals surface area (Å²) in [5.41, 5.74) is 6.13. The molecule has 0 aliphatic carbocycles. The van der Waals surface area contributed by atoms with E-state index in [1.54, 1.807) is 82.3 Å². The van der Waals surface area contributed by atoms with Crippen molar-refractivity contribution in [1.82, 2.24) is 26.2 Å². The third kappa shape index (κ3) is 12.8. The molecular weight excluding hydrogens is 668 g/mol. The molecule has 0 spiro atoms. The standard InChI is InChI=1S/C38H52N6O8/c1-6-24(2)31(35(49)40-27(19-20-30(39)45)33(47)43-38(3,4)5)42-34(48)29-18-13-21-44(29)36(50)32(46)28(22-25-14-9-7-10-15-25)41-37(51)52-23-26-16-11-8-12-17-26/h7-12,14-17,24,27-29,31H,6,13,18-23H2,1-5H3,(H2,39,45)(H,40,49)(H,41,51)(H,42,48)(H,43,47)/t24-,27-,28-,29-,31-/m0/s1. The number of amides is 6. The number of carbonyl (C=O) groups is 7. The molecule has 0 bridgehead atoms. The Morgan fingerprint density at radius 3 is 2.06 bits per heavy atom. The molecular formula is C38H52N6O8. The summed E-state index contributed by atoms with van der Waals surface area (Å²) in [7, 11) is 0. The highest BCUT2D eigenvalue weighted by molar-refractivity contribution is 6.38. The van der Waals surface area contributed by atoms with Gasteiger partial charge in [0.2, 0.25) is 29.4 Å². The van der Waals surface area contributed by atoms with Gasteiger partial charge in [-0.1, -0.05) is 80.9 Å². The van der Waals surface area contributed by atoms with Crippen molar-refractivity contribution >= 4 is 41.4 Å². The van der Waals surface area contributed by atoms with Gasteiger partial charge in [0, 0.05) is 24.9 Å². The minimum atomic E-state index is -1.28. The molecule has 6 amide bonds. The van der Waals surface area contributed by atoms with Gasteiger partial charge in [-0.3, -0.25) is 28.8 Å². The van der Waals surface area contributed by atoms with Gasteiger partial charge < -0.3 is 36.6 Å². The minimum Gasteiger partial charge on any atom is -0.445 e. The van der Waals surface area contributed by atoms with E-state index in [9.17, 15) is 33.6 Å². The van der Waals surface area contributed by atoms with E-state index in [0.29, 0.717) is 18.4 Å². The van der Waals surface area contributed by atoms with Crippen LogP contribution in [0.1, 0.15) is 77.8 Å². The average Bonchev–Trinajstić information content (AvgIpc) is 3.60. The van der Waals surface area contributed by atoms with Crippen LogP contribution in [0.25, 0.3) is 0 Å². The molecule has 0 unspecified atom stereocenters. The topological polar surface area (TPSA) is 206 Å². The third-order valence-electron chi connectivity index (χ3n) is 8.73. The van der Waals surface area contributed by atoms with Gasteiger partial charge in [0.25, 0.3) is 5.91 Å². The number of hydrogen-bond acceptors (Lipinski definition) is 8. The Kier molecular flexibility index (Phi) is 15.3. The molecule has 2 aromatic rings. The number of nitrogens with zero attached hydrogens (tertiary/aromatic N) is 1. The van der Waals surface area contributed by atoms with E-state index in [2.05, 4.69) is 21.3 Å². The Morgan fingerprint density at radius 2 is 1.48 bits per heavy atom. The first-order valence-electron chi connectivity index (χ1n) is 17.7. The molecule has 6 N–H and O–H groups in total. The van der Waals surface area contributed by atoms with Crippen molar-refractivity contribution in [3.63, 3.8) is 0 Å². The van der Waals surface area contributed by atoms with Crippen LogP contribution in [0.4, 0.5) is 4.79 Å². The summed E-state index contributed by atoms with van der Waals surface area (Å²) in [5.74, 6) is -4.68. The predicted octanol–water partition coefficient (Wildman–Crippen LogP) is 2.28. The van der Waals surface area contributed by atoms with Crippen molar-refractivity contribution in [1.29, 1.82) is 0 Å². The highest BCUT2D eigenvalue weighted by Gasteiger charge is 2.41. The summed E-state index contributed by atoms with van der Waals surface area (Å²) in [6, 6.07) is 13.3. The van der Waals surface area contributed by atoms with Gasteiger partial charge in [-0.05, 0) is 57.1 Å². The van der Waals surface area contributed by atoms with Crippen LogP contribution in [0.3, 0.4) is 0 Å². The van der Waals surface area contributed by atoms with Crippen LogP contribution in [-0.4, -0.2) is 82.6 Å². The van der Waals surface area contributed by atoms with Crippen LogP contribution in [0.15, 0.2) is 60.7 Å². The maximum atomic E-state index is 13.8. The van der Waals surface area contributed by atoms with Crippen molar-refractivity contribution in [3.05, 3.63) is 71.8 Å². The number of Topliss-reactive ketones (excluding diaryl/α,β-unsaturated/α-hetero) is 1. The summed E-state index contributed by atoms with van der Waals surface area (Å²) < 4.78 is 5.33. The zero-order chi connectivity index (χ0) is 38.4. The SMILES string of the molecule is CC[C@H](C)[C@H](NC(=O)[C@@H]1CCCN1C(=O)C(=O)[C@H](Cc1ccccc1)NC(=O)OCc1ccccc1)C(=O)N[C@@H](CCC(N)=O)C(=O)NC(C)(C)C. The van der Waals surface area contributed by atoms with Gasteiger partial charge in [0.15, 0.2) is 0 Å². The summed E-state index contributed by atoms with van der Waals surface area (Å²) in [4.78, 5) is 93.5. The van der Waals surface area contributed by atoms with Crippen LogP contribution in [0, 0.1) is 5.92 Å². The summed E-state index contributed by atoms with van der Waals surface area (Å²) in [6.07, 6.45) is 0.0784. The molecule has 3 rings (SSSR count). The fourth-order valence-corrected chi connectivity index (χ4v) is 5.76. The van der Waals surface area contributed by atoms with Crippen molar-refractivity contribution in [2.24, 2.45) is 11.7 Å². The molecule has 1 aliphatic rings. The largest absolute Gasteiger partial charge is 0.445 e. The lowest BCUT2D eigenvalue weighted by Crippen LogP contribution is -2.60. The number of likely N-dealkylation sites (tertiary alicyclic amines) is 1. The monoisotopic (exact) mass is 720 g/mol. The van der Waals surface area contributed by atoms with E-state index >= 15 is 0 Å². The Balaban J connectivity index is 1.76. The number of rotatable bonds is 17. The van der Waals surface area contributed by atoms with Crippen molar-refractivity contribution in [2.45, 2.75) is 109 Å². The summed E-state index contributed by atoms with van der Waals surface area (Å²) in [5, 5.41) is 10.8. The number of ketones is 1. The molecule has 1 saturated heterocycles. The van der Waals surface area contributed by atoms with Crippen LogP contribution < -0.4 is 27.0 Å². The molecule has 0 saturated carbocycles. The van der Waals surface area contributed by atoms with E-state index in [1.807, 2.05) is 13.0 Å². The lowest BCUT2D eigenvalue weighted by atomic mass is 9.96. The molecule has 5 atom stereocenters.